The molecule has 24 heavy (non-hydrogen) atoms. The highest BCUT2D eigenvalue weighted by Gasteiger charge is 2.28. The fourth-order valence-electron chi connectivity index (χ4n) is 3.08. The summed E-state index contributed by atoms with van der Waals surface area (Å²) < 4.78 is 10.5. The van der Waals surface area contributed by atoms with Crippen LogP contribution in [-0.2, 0) is 9.53 Å². The molecule has 2 rings (SSSR count). The molecule has 1 fully saturated rings. The van der Waals surface area contributed by atoms with Crippen molar-refractivity contribution in [1.82, 2.24) is 4.90 Å². The van der Waals surface area contributed by atoms with Crippen LogP contribution in [0.1, 0.15) is 40.0 Å². The predicted molar refractivity (Wildman–Crippen MR) is 92.2 cm³/mol. The van der Waals surface area contributed by atoms with E-state index in [-0.39, 0.29) is 24.6 Å². The zero-order chi connectivity index (χ0) is 17.5. The summed E-state index contributed by atoms with van der Waals surface area (Å²) in [6.07, 6.45) is 2.72. The third-order valence-corrected chi connectivity index (χ3v) is 4.20. The maximum Gasteiger partial charge on any atom is 0.411 e. The summed E-state index contributed by atoms with van der Waals surface area (Å²) >= 11 is 0. The topological polar surface area (TPSA) is 67.9 Å². The molecule has 1 aliphatic rings. The molecule has 6 heteroatoms. The summed E-state index contributed by atoms with van der Waals surface area (Å²) in [5.41, 5.74) is 0.568. The first-order chi connectivity index (χ1) is 11.5. The average Bonchev–Trinajstić information content (AvgIpc) is 2.53. The SMILES string of the molecule is CCOC(=O)Nc1cccc(OCC(=O)N2[C@H](C)CCC[C@H]2C)c1. The van der Waals surface area contributed by atoms with Crippen LogP contribution in [0.4, 0.5) is 10.5 Å². The Morgan fingerprint density at radius 2 is 1.96 bits per heavy atom. The molecule has 0 aliphatic carbocycles. The normalized spacial score (nSPS) is 20.4. The molecule has 2 amide bonds. The van der Waals surface area contributed by atoms with Crippen molar-refractivity contribution in [2.24, 2.45) is 0 Å². The molecule has 1 heterocycles. The number of ether oxygens (including phenoxy) is 2. The molecule has 0 bridgehead atoms. The highest BCUT2D eigenvalue weighted by Crippen LogP contribution is 2.23. The van der Waals surface area contributed by atoms with Crippen molar-refractivity contribution >= 4 is 17.7 Å². The first kappa shape index (κ1) is 18.1. The fourth-order valence-corrected chi connectivity index (χ4v) is 3.08. The standard InChI is InChI=1S/C18H26N2O4/c1-4-23-18(22)19-15-9-6-10-16(11-15)24-12-17(21)20-13(2)7-5-8-14(20)3/h6,9-11,13-14H,4-5,7-8,12H2,1-3H3,(H,19,22)/t13-,14-/m1/s1. The van der Waals surface area contributed by atoms with Gasteiger partial charge in [-0.15, -0.1) is 0 Å². The molecule has 0 radical (unpaired) electrons. The van der Waals surface area contributed by atoms with E-state index >= 15 is 0 Å². The second kappa shape index (κ2) is 8.57. The molecule has 1 aliphatic heterocycles. The zero-order valence-corrected chi connectivity index (χ0v) is 14.6. The van der Waals surface area contributed by atoms with E-state index < -0.39 is 6.09 Å². The lowest BCUT2D eigenvalue weighted by atomic mass is 9.97. The monoisotopic (exact) mass is 334 g/mol. The van der Waals surface area contributed by atoms with Crippen molar-refractivity contribution in [3.8, 4) is 5.75 Å². The summed E-state index contributed by atoms with van der Waals surface area (Å²) in [4.78, 5) is 25.8. The number of anilines is 1. The van der Waals surface area contributed by atoms with E-state index in [0.29, 0.717) is 18.0 Å². The van der Waals surface area contributed by atoms with Crippen LogP contribution in [0.25, 0.3) is 0 Å². The minimum Gasteiger partial charge on any atom is -0.484 e. The van der Waals surface area contributed by atoms with E-state index in [1.807, 2.05) is 4.90 Å². The van der Waals surface area contributed by atoms with E-state index in [9.17, 15) is 9.59 Å². The summed E-state index contributed by atoms with van der Waals surface area (Å²) in [6.45, 7) is 6.21. The van der Waals surface area contributed by atoms with E-state index in [4.69, 9.17) is 9.47 Å². The van der Waals surface area contributed by atoms with E-state index in [1.54, 1.807) is 31.2 Å². The van der Waals surface area contributed by atoms with Gasteiger partial charge in [-0.25, -0.2) is 4.79 Å². The summed E-state index contributed by atoms with van der Waals surface area (Å²) in [5.74, 6) is 0.536. The summed E-state index contributed by atoms with van der Waals surface area (Å²) in [5, 5.41) is 2.61. The Hall–Kier alpha value is -2.24. The third kappa shape index (κ3) is 4.88. The van der Waals surface area contributed by atoms with Gasteiger partial charge in [0, 0.05) is 23.8 Å². The van der Waals surface area contributed by atoms with Crippen LogP contribution >= 0.6 is 0 Å². The van der Waals surface area contributed by atoms with Crippen molar-refractivity contribution in [2.45, 2.75) is 52.1 Å². The minimum atomic E-state index is -0.512. The molecule has 1 aromatic rings. The van der Waals surface area contributed by atoms with Gasteiger partial charge in [-0.1, -0.05) is 6.07 Å². The molecule has 6 nitrogen and oxygen atoms in total. The maximum absolute atomic E-state index is 12.5. The Bertz CT molecular complexity index is 566. The lowest BCUT2D eigenvalue weighted by Gasteiger charge is -2.38. The number of piperidine rings is 1. The molecule has 2 atom stereocenters. The predicted octanol–water partition coefficient (Wildman–Crippen LogP) is 3.42. The van der Waals surface area contributed by atoms with Gasteiger partial charge >= 0.3 is 6.09 Å². The van der Waals surface area contributed by atoms with E-state index in [0.717, 1.165) is 19.3 Å². The van der Waals surface area contributed by atoms with E-state index in [2.05, 4.69) is 19.2 Å². The Morgan fingerprint density at radius 3 is 2.62 bits per heavy atom. The molecule has 1 N–H and O–H groups in total. The maximum atomic E-state index is 12.5. The lowest BCUT2D eigenvalue weighted by Crippen LogP contribution is -2.49. The van der Waals surface area contributed by atoms with Gasteiger partial charge in [0.1, 0.15) is 5.75 Å². The Labute approximate surface area is 143 Å². The number of benzene rings is 1. The van der Waals surface area contributed by atoms with Crippen LogP contribution < -0.4 is 10.1 Å². The fraction of sp³-hybridized carbons (Fsp3) is 0.556. The Kier molecular flexibility index (Phi) is 6.46. The van der Waals surface area contributed by atoms with Crippen molar-refractivity contribution in [1.29, 1.82) is 0 Å². The number of nitrogens with zero attached hydrogens (tertiary/aromatic N) is 1. The molecule has 0 spiro atoms. The van der Waals surface area contributed by atoms with Crippen molar-refractivity contribution in [3.63, 3.8) is 0 Å². The number of likely N-dealkylation sites (tertiary alicyclic amines) is 1. The van der Waals surface area contributed by atoms with Gasteiger partial charge in [-0.2, -0.15) is 0 Å². The molecule has 0 saturated carbocycles. The van der Waals surface area contributed by atoms with Crippen LogP contribution in [-0.4, -0.2) is 42.2 Å². The quantitative estimate of drug-likeness (QED) is 0.896. The first-order valence-electron chi connectivity index (χ1n) is 8.49. The van der Waals surface area contributed by atoms with Crippen LogP contribution in [0.5, 0.6) is 5.75 Å². The number of nitrogens with one attached hydrogen (secondary N) is 1. The van der Waals surface area contributed by atoms with Gasteiger partial charge in [0.2, 0.25) is 0 Å². The second-order valence-electron chi connectivity index (χ2n) is 6.09. The number of carbonyl (C=O) groups excluding carboxylic acids is 2. The molecule has 1 saturated heterocycles. The third-order valence-electron chi connectivity index (χ3n) is 4.20. The summed E-state index contributed by atoms with van der Waals surface area (Å²) in [6, 6.07) is 7.43. The van der Waals surface area contributed by atoms with Gasteiger partial charge in [-0.3, -0.25) is 10.1 Å². The molecule has 132 valence electrons. The first-order valence-corrected chi connectivity index (χ1v) is 8.49. The zero-order valence-electron chi connectivity index (χ0n) is 14.6. The van der Waals surface area contributed by atoms with Crippen LogP contribution in [0.3, 0.4) is 0 Å². The van der Waals surface area contributed by atoms with Crippen molar-refractivity contribution < 1.29 is 19.1 Å². The number of carbonyl (C=O) groups is 2. The van der Waals surface area contributed by atoms with Crippen LogP contribution in [0.15, 0.2) is 24.3 Å². The van der Waals surface area contributed by atoms with Gasteiger partial charge in [-0.05, 0) is 52.2 Å². The van der Waals surface area contributed by atoms with Gasteiger partial charge < -0.3 is 14.4 Å². The number of rotatable bonds is 5. The molecular weight excluding hydrogens is 308 g/mol. The smallest absolute Gasteiger partial charge is 0.411 e. The van der Waals surface area contributed by atoms with Crippen molar-refractivity contribution in [2.75, 3.05) is 18.5 Å². The van der Waals surface area contributed by atoms with Gasteiger partial charge in [0.15, 0.2) is 6.61 Å². The van der Waals surface area contributed by atoms with Gasteiger partial charge in [0.25, 0.3) is 5.91 Å². The molecule has 1 aromatic carbocycles. The Balaban J connectivity index is 1.91. The molecule has 0 unspecified atom stereocenters. The lowest BCUT2D eigenvalue weighted by molar-refractivity contribution is -0.139. The van der Waals surface area contributed by atoms with Crippen LogP contribution in [0.2, 0.25) is 0 Å². The number of hydrogen-bond acceptors (Lipinski definition) is 4. The van der Waals surface area contributed by atoms with Gasteiger partial charge in [0.05, 0.1) is 6.61 Å². The molecule has 0 aromatic heterocycles. The second-order valence-corrected chi connectivity index (χ2v) is 6.09. The minimum absolute atomic E-state index is 0.00143. The Morgan fingerprint density at radius 1 is 1.25 bits per heavy atom. The number of amides is 2. The van der Waals surface area contributed by atoms with E-state index in [1.165, 1.54) is 0 Å². The number of hydrogen-bond donors (Lipinski definition) is 1. The van der Waals surface area contributed by atoms with Crippen molar-refractivity contribution in [3.05, 3.63) is 24.3 Å². The highest BCUT2D eigenvalue weighted by atomic mass is 16.5. The average molecular weight is 334 g/mol. The largest absolute Gasteiger partial charge is 0.484 e. The molecular formula is C18H26N2O4. The van der Waals surface area contributed by atoms with Crippen LogP contribution in [0, 0.1) is 0 Å². The summed E-state index contributed by atoms with van der Waals surface area (Å²) in [7, 11) is 0. The highest BCUT2D eigenvalue weighted by molar-refractivity contribution is 5.84.